The van der Waals surface area contributed by atoms with Crippen molar-refractivity contribution in [2.75, 3.05) is 11.9 Å². The van der Waals surface area contributed by atoms with Gasteiger partial charge < -0.3 is 4.52 Å². The van der Waals surface area contributed by atoms with Gasteiger partial charge in [0.1, 0.15) is 0 Å². The van der Waals surface area contributed by atoms with Crippen LogP contribution in [-0.4, -0.2) is 28.1 Å². The molecule has 3 heterocycles. The van der Waals surface area contributed by atoms with Crippen LogP contribution >= 0.6 is 22.7 Å². The predicted molar refractivity (Wildman–Crippen MR) is 86.1 cm³/mol. The standard InChI is InChI=1S/C14H14N4O2S2/c1-18(14-15-7-9-22-14)12(19)6-2-5-11-16-13(17-20-11)10-4-3-8-21-10/h3-4,7-9H,2,5-6H2,1H3. The third-order valence-electron chi connectivity index (χ3n) is 3.07. The first-order valence-electron chi connectivity index (χ1n) is 6.76. The Morgan fingerprint density at radius 2 is 2.27 bits per heavy atom. The highest BCUT2D eigenvalue weighted by Crippen LogP contribution is 2.22. The summed E-state index contributed by atoms with van der Waals surface area (Å²) in [5.41, 5.74) is 0. The first kappa shape index (κ1) is 14.9. The lowest BCUT2D eigenvalue weighted by molar-refractivity contribution is -0.118. The summed E-state index contributed by atoms with van der Waals surface area (Å²) in [4.78, 5) is 23.1. The minimum absolute atomic E-state index is 0.0351. The smallest absolute Gasteiger partial charge is 0.228 e. The number of thiophene rings is 1. The minimum atomic E-state index is 0.0351. The molecule has 0 aliphatic heterocycles. The number of nitrogens with zero attached hydrogens (tertiary/aromatic N) is 4. The number of aryl methyl sites for hydroxylation is 1. The molecule has 0 unspecified atom stereocenters. The van der Waals surface area contributed by atoms with Crippen LogP contribution in [0, 0.1) is 0 Å². The van der Waals surface area contributed by atoms with E-state index in [-0.39, 0.29) is 5.91 Å². The topological polar surface area (TPSA) is 72.1 Å². The van der Waals surface area contributed by atoms with Gasteiger partial charge in [-0.05, 0) is 17.9 Å². The fraction of sp³-hybridized carbons (Fsp3) is 0.286. The number of aromatic nitrogens is 3. The van der Waals surface area contributed by atoms with Gasteiger partial charge in [0.15, 0.2) is 5.13 Å². The summed E-state index contributed by atoms with van der Waals surface area (Å²) < 4.78 is 5.21. The number of carbonyl (C=O) groups is 1. The third kappa shape index (κ3) is 3.40. The second-order valence-electron chi connectivity index (χ2n) is 4.61. The molecule has 0 saturated heterocycles. The van der Waals surface area contributed by atoms with Crippen molar-refractivity contribution in [1.29, 1.82) is 0 Å². The van der Waals surface area contributed by atoms with E-state index in [4.69, 9.17) is 4.52 Å². The Bertz CT molecular complexity index is 722. The number of rotatable bonds is 6. The van der Waals surface area contributed by atoms with E-state index in [1.165, 1.54) is 11.3 Å². The molecule has 114 valence electrons. The van der Waals surface area contributed by atoms with Gasteiger partial charge in [-0.25, -0.2) is 4.98 Å². The zero-order chi connectivity index (χ0) is 15.4. The quantitative estimate of drug-likeness (QED) is 0.692. The maximum atomic E-state index is 12.1. The average molecular weight is 334 g/mol. The van der Waals surface area contributed by atoms with Crippen molar-refractivity contribution in [3.05, 3.63) is 35.0 Å². The van der Waals surface area contributed by atoms with Gasteiger partial charge in [-0.15, -0.1) is 22.7 Å². The summed E-state index contributed by atoms with van der Waals surface area (Å²) in [5, 5.41) is 8.49. The van der Waals surface area contributed by atoms with Crippen molar-refractivity contribution in [3.63, 3.8) is 0 Å². The maximum Gasteiger partial charge on any atom is 0.228 e. The summed E-state index contributed by atoms with van der Waals surface area (Å²) in [6.45, 7) is 0. The van der Waals surface area contributed by atoms with Crippen LogP contribution in [0.4, 0.5) is 5.13 Å². The summed E-state index contributed by atoms with van der Waals surface area (Å²) in [6.07, 6.45) is 3.37. The second kappa shape index (κ2) is 6.80. The van der Waals surface area contributed by atoms with Crippen LogP contribution in [0.2, 0.25) is 0 Å². The molecule has 6 nitrogen and oxygen atoms in total. The van der Waals surface area contributed by atoms with Gasteiger partial charge in [-0.2, -0.15) is 4.98 Å². The van der Waals surface area contributed by atoms with Crippen molar-refractivity contribution in [2.24, 2.45) is 0 Å². The fourth-order valence-electron chi connectivity index (χ4n) is 1.91. The van der Waals surface area contributed by atoms with Gasteiger partial charge in [-0.1, -0.05) is 11.2 Å². The van der Waals surface area contributed by atoms with E-state index in [0.717, 1.165) is 4.88 Å². The summed E-state index contributed by atoms with van der Waals surface area (Å²) in [6, 6.07) is 3.90. The van der Waals surface area contributed by atoms with Gasteiger partial charge in [0.2, 0.25) is 17.6 Å². The van der Waals surface area contributed by atoms with E-state index >= 15 is 0 Å². The van der Waals surface area contributed by atoms with Crippen LogP contribution in [0.5, 0.6) is 0 Å². The molecule has 0 bridgehead atoms. The molecular weight excluding hydrogens is 320 g/mol. The highest BCUT2D eigenvalue weighted by molar-refractivity contribution is 7.14. The average Bonchev–Trinajstić information content (AvgIpc) is 3.26. The van der Waals surface area contributed by atoms with E-state index in [2.05, 4.69) is 15.1 Å². The first-order valence-corrected chi connectivity index (χ1v) is 8.52. The van der Waals surface area contributed by atoms with Gasteiger partial charge in [-0.3, -0.25) is 9.69 Å². The monoisotopic (exact) mass is 334 g/mol. The third-order valence-corrected chi connectivity index (χ3v) is 4.78. The molecule has 3 aromatic heterocycles. The maximum absolute atomic E-state index is 12.1. The molecule has 0 N–H and O–H groups in total. The lowest BCUT2D eigenvalue weighted by atomic mass is 10.2. The van der Waals surface area contributed by atoms with Gasteiger partial charge in [0, 0.05) is 31.5 Å². The van der Waals surface area contributed by atoms with Crippen LogP contribution in [-0.2, 0) is 11.2 Å². The molecule has 0 aliphatic rings. The lowest BCUT2D eigenvalue weighted by Gasteiger charge is -2.12. The molecule has 3 aromatic rings. The van der Waals surface area contributed by atoms with Crippen LogP contribution in [0.1, 0.15) is 18.7 Å². The second-order valence-corrected chi connectivity index (χ2v) is 6.43. The van der Waals surface area contributed by atoms with E-state index in [0.29, 0.717) is 36.1 Å². The lowest BCUT2D eigenvalue weighted by Crippen LogP contribution is -2.25. The van der Waals surface area contributed by atoms with E-state index in [1.807, 2.05) is 22.9 Å². The van der Waals surface area contributed by atoms with Crippen molar-refractivity contribution in [3.8, 4) is 10.7 Å². The van der Waals surface area contributed by atoms with Crippen molar-refractivity contribution >= 4 is 33.7 Å². The Kier molecular flexibility index (Phi) is 4.59. The molecule has 0 aliphatic carbocycles. The number of hydrogen-bond donors (Lipinski definition) is 0. The van der Waals surface area contributed by atoms with E-state index in [9.17, 15) is 4.79 Å². The van der Waals surface area contributed by atoms with Gasteiger partial charge in [0.25, 0.3) is 0 Å². The molecule has 0 aromatic carbocycles. The Morgan fingerprint density at radius 1 is 1.36 bits per heavy atom. The molecule has 1 amide bonds. The number of anilines is 1. The number of amides is 1. The van der Waals surface area contributed by atoms with Gasteiger partial charge in [0.05, 0.1) is 4.88 Å². The Labute approximate surface area is 135 Å². The fourth-order valence-corrected chi connectivity index (χ4v) is 3.18. The van der Waals surface area contributed by atoms with Gasteiger partial charge >= 0.3 is 0 Å². The highest BCUT2D eigenvalue weighted by Gasteiger charge is 2.14. The molecular formula is C14H14N4O2S2. The molecule has 0 fully saturated rings. The Hall–Kier alpha value is -2.06. The summed E-state index contributed by atoms with van der Waals surface area (Å²) in [7, 11) is 1.74. The SMILES string of the molecule is CN(C(=O)CCCc1nc(-c2cccs2)no1)c1nccs1. The van der Waals surface area contributed by atoms with Crippen LogP contribution in [0.15, 0.2) is 33.6 Å². The van der Waals surface area contributed by atoms with Crippen LogP contribution in [0.25, 0.3) is 10.7 Å². The first-order chi connectivity index (χ1) is 10.7. The minimum Gasteiger partial charge on any atom is -0.339 e. The van der Waals surface area contributed by atoms with Crippen molar-refractivity contribution in [1.82, 2.24) is 15.1 Å². The Morgan fingerprint density at radius 3 is 3.00 bits per heavy atom. The van der Waals surface area contributed by atoms with Crippen LogP contribution in [0.3, 0.4) is 0 Å². The highest BCUT2D eigenvalue weighted by atomic mass is 32.1. The number of hydrogen-bond acceptors (Lipinski definition) is 7. The van der Waals surface area contributed by atoms with E-state index < -0.39 is 0 Å². The molecule has 3 rings (SSSR count). The molecule has 0 spiro atoms. The van der Waals surface area contributed by atoms with Crippen molar-refractivity contribution < 1.29 is 9.32 Å². The number of carbonyl (C=O) groups excluding carboxylic acids is 1. The van der Waals surface area contributed by atoms with E-state index in [1.54, 1.807) is 29.5 Å². The zero-order valence-corrected chi connectivity index (χ0v) is 13.6. The molecule has 0 radical (unpaired) electrons. The molecule has 0 atom stereocenters. The summed E-state index contributed by atoms with van der Waals surface area (Å²) in [5.74, 6) is 1.21. The largest absolute Gasteiger partial charge is 0.339 e. The molecule has 22 heavy (non-hydrogen) atoms. The predicted octanol–water partition coefficient (Wildman–Crippen LogP) is 3.24. The zero-order valence-electron chi connectivity index (χ0n) is 11.9. The van der Waals surface area contributed by atoms with Crippen molar-refractivity contribution in [2.45, 2.75) is 19.3 Å². The molecule has 0 saturated carbocycles. The van der Waals surface area contributed by atoms with Crippen LogP contribution < -0.4 is 4.90 Å². The summed E-state index contributed by atoms with van der Waals surface area (Å²) >= 11 is 3.01. The molecule has 8 heteroatoms. The Balaban J connectivity index is 1.50. The number of thiazole rings is 1. The normalized spacial score (nSPS) is 10.8.